The van der Waals surface area contributed by atoms with Gasteiger partial charge in [-0.05, 0) is 43.0 Å². The predicted molar refractivity (Wildman–Crippen MR) is 80.6 cm³/mol. The molecular weight excluding hydrogens is 290 g/mol. The summed E-state index contributed by atoms with van der Waals surface area (Å²) in [5.41, 5.74) is 2.07. The lowest BCUT2D eigenvalue weighted by molar-refractivity contribution is -0.140. The highest BCUT2D eigenvalue weighted by Gasteiger charge is 2.52. The van der Waals surface area contributed by atoms with Crippen LogP contribution in [0.3, 0.4) is 0 Å². The molecule has 0 bridgehead atoms. The van der Waals surface area contributed by atoms with Crippen LogP contribution in [0.5, 0.6) is 0 Å². The van der Waals surface area contributed by atoms with E-state index in [2.05, 4.69) is 0 Å². The maximum absolute atomic E-state index is 11.5. The number of carboxylic acid groups (broad SMARTS) is 1. The third-order valence-corrected chi connectivity index (χ3v) is 6.21. The molecule has 3 rings (SSSR count). The van der Waals surface area contributed by atoms with Gasteiger partial charge in [0.2, 0.25) is 0 Å². The number of carbonyl (C=O) groups is 1. The van der Waals surface area contributed by atoms with E-state index in [9.17, 15) is 18.3 Å². The second-order valence-electron chi connectivity index (χ2n) is 6.03. The molecule has 1 aromatic carbocycles. The van der Waals surface area contributed by atoms with Gasteiger partial charge in [0.05, 0.1) is 16.9 Å². The first-order valence-electron chi connectivity index (χ1n) is 7.14. The second-order valence-corrected chi connectivity index (χ2v) is 8.33. The van der Waals surface area contributed by atoms with E-state index in [-0.39, 0.29) is 11.5 Å². The second kappa shape index (κ2) is 4.73. The van der Waals surface area contributed by atoms with E-state index >= 15 is 0 Å². The number of benzene rings is 1. The topological polar surface area (TPSA) is 74.7 Å². The number of sulfone groups is 1. The van der Waals surface area contributed by atoms with Crippen LogP contribution in [0.4, 0.5) is 5.69 Å². The Balaban J connectivity index is 1.90. The van der Waals surface area contributed by atoms with Gasteiger partial charge in [-0.3, -0.25) is 4.79 Å². The fourth-order valence-corrected chi connectivity index (χ4v) is 4.22. The highest BCUT2D eigenvalue weighted by Crippen LogP contribution is 2.50. The molecule has 21 heavy (non-hydrogen) atoms. The molecule has 6 heteroatoms. The van der Waals surface area contributed by atoms with Crippen molar-refractivity contribution in [3.63, 3.8) is 0 Å². The number of hydrogen-bond acceptors (Lipinski definition) is 4. The minimum Gasteiger partial charge on any atom is -0.481 e. The number of hydrogen-bond donors (Lipinski definition) is 1. The average molecular weight is 309 g/mol. The molecule has 1 N–H and O–H groups in total. The van der Waals surface area contributed by atoms with Crippen LogP contribution in [0.2, 0.25) is 0 Å². The lowest BCUT2D eigenvalue weighted by atomic mass is 9.91. The molecule has 1 saturated carbocycles. The quantitative estimate of drug-likeness (QED) is 0.912. The molecule has 0 unspecified atom stereocenters. The normalized spacial score (nSPS) is 22.8. The van der Waals surface area contributed by atoms with Crippen LogP contribution in [0, 0.1) is 6.92 Å². The fraction of sp³-hybridized carbons (Fsp3) is 0.533. The van der Waals surface area contributed by atoms with Crippen LogP contribution in [0.15, 0.2) is 18.2 Å². The zero-order chi connectivity index (χ0) is 15.3. The smallest absolute Gasteiger partial charge is 0.314 e. The Labute approximate surface area is 124 Å². The van der Waals surface area contributed by atoms with Crippen LogP contribution in [-0.4, -0.2) is 44.1 Å². The molecule has 114 valence electrons. The summed E-state index contributed by atoms with van der Waals surface area (Å²) in [6.07, 6.45) is 1.36. The Morgan fingerprint density at radius 1 is 1.24 bits per heavy atom. The minimum absolute atomic E-state index is 0.167. The zero-order valence-electron chi connectivity index (χ0n) is 12.0. The van der Waals surface area contributed by atoms with Crippen molar-refractivity contribution in [2.45, 2.75) is 25.2 Å². The van der Waals surface area contributed by atoms with Gasteiger partial charge in [0.1, 0.15) is 0 Å². The van der Waals surface area contributed by atoms with E-state index in [4.69, 9.17) is 0 Å². The summed E-state index contributed by atoms with van der Waals surface area (Å²) in [5, 5.41) is 9.46. The van der Waals surface area contributed by atoms with E-state index < -0.39 is 21.2 Å². The Morgan fingerprint density at radius 2 is 1.86 bits per heavy atom. The number of aryl methyl sites for hydroxylation is 1. The summed E-state index contributed by atoms with van der Waals surface area (Å²) in [5.74, 6) is -0.426. The Bertz CT molecular complexity index is 678. The molecule has 0 spiro atoms. The van der Waals surface area contributed by atoms with E-state index in [1.807, 2.05) is 30.0 Å². The van der Waals surface area contributed by atoms with Crippen molar-refractivity contribution in [1.82, 2.24) is 0 Å². The molecule has 5 nitrogen and oxygen atoms in total. The third-order valence-electron chi connectivity index (χ3n) is 4.61. The van der Waals surface area contributed by atoms with Crippen molar-refractivity contribution in [3.8, 4) is 0 Å². The van der Waals surface area contributed by atoms with Crippen molar-refractivity contribution in [2.24, 2.45) is 0 Å². The van der Waals surface area contributed by atoms with Gasteiger partial charge in [-0.25, -0.2) is 8.42 Å². The summed E-state index contributed by atoms with van der Waals surface area (Å²) in [6.45, 7) is 2.89. The van der Waals surface area contributed by atoms with Crippen molar-refractivity contribution >= 4 is 21.5 Å². The lowest BCUT2D eigenvalue weighted by Crippen LogP contribution is -2.40. The number of nitrogens with zero attached hydrogens (tertiary/aromatic N) is 1. The summed E-state index contributed by atoms with van der Waals surface area (Å²) in [6, 6.07) is 5.83. The van der Waals surface area contributed by atoms with Gasteiger partial charge >= 0.3 is 5.97 Å². The van der Waals surface area contributed by atoms with Crippen LogP contribution >= 0.6 is 0 Å². The van der Waals surface area contributed by atoms with Gasteiger partial charge in [-0.2, -0.15) is 0 Å². The molecule has 1 aliphatic heterocycles. The van der Waals surface area contributed by atoms with Crippen LogP contribution < -0.4 is 4.90 Å². The Hall–Kier alpha value is -1.56. The van der Waals surface area contributed by atoms with Crippen LogP contribution in [0.25, 0.3) is 0 Å². The zero-order valence-corrected chi connectivity index (χ0v) is 12.8. The van der Waals surface area contributed by atoms with Gasteiger partial charge < -0.3 is 10.0 Å². The van der Waals surface area contributed by atoms with E-state index in [0.29, 0.717) is 25.9 Å². The number of aliphatic carboxylic acids is 1. The number of anilines is 1. The third kappa shape index (κ3) is 2.52. The molecule has 0 atom stereocenters. The molecule has 0 amide bonds. The van der Waals surface area contributed by atoms with Gasteiger partial charge in [0, 0.05) is 18.8 Å². The predicted octanol–water partition coefficient (Wildman–Crippen LogP) is 1.35. The largest absolute Gasteiger partial charge is 0.481 e. The van der Waals surface area contributed by atoms with Gasteiger partial charge in [-0.15, -0.1) is 0 Å². The van der Waals surface area contributed by atoms with E-state index in [0.717, 1.165) is 16.8 Å². The maximum atomic E-state index is 11.5. The molecule has 0 radical (unpaired) electrons. The minimum atomic E-state index is -2.91. The average Bonchev–Trinajstić information content (AvgIpc) is 3.21. The number of carboxylic acids is 1. The van der Waals surface area contributed by atoms with Crippen molar-refractivity contribution in [3.05, 3.63) is 29.3 Å². The molecule has 1 aliphatic carbocycles. The molecule has 0 aromatic heterocycles. The summed E-state index contributed by atoms with van der Waals surface area (Å²) >= 11 is 0. The fourth-order valence-electron chi connectivity index (χ4n) is 3.02. The summed E-state index contributed by atoms with van der Waals surface area (Å²) in [4.78, 5) is 13.5. The van der Waals surface area contributed by atoms with E-state index in [1.165, 1.54) is 0 Å². The van der Waals surface area contributed by atoms with Crippen LogP contribution in [-0.2, 0) is 20.0 Å². The molecule has 1 saturated heterocycles. The first-order chi connectivity index (χ1) is 9.84. The summed E-state index contributed by atoms with van der Waals surface area (Å²) in [7, 11) is -2.91. The lowest BCUT2D eigenvalue weighted by Gasteiger charge is -2.30. The number of rotatable bonds is 3. The van der Waals surface area contributed by atoms with Crippen molar-refractivity contribution in [1.29, 1.82) is 0 Å². The van der Waals surface area contributed by atoms with Crippen molar-refractivity contribution in [2.75, 3.05) is 29.5 Å². The first-order valence-corrected chi connectivity index (χ1v) is 8.96. The first kappa shape index (κ1) is 14.4. The van der Waals surface area contributed by atoms with Gasteiger partial charge in [0.15, 0.2) is 9.84 Å². The molecule has 2 aliphatic rings. The van der Waals surface area contributed by atoms with Gasteiger partial charge in [-0.1, -0.05) is 6.07 Å². The molecule has 1 aromatic rings. The van der Waals surface area contributed by atoms with Gasteiger partial charge in [0.25, 0.3) is 0 Å². The Morgan fingerprint density at radius 3 is 2.38 bits per heavy atom. The summed E-state index contributed by atoms with van der Waals surface area (Å²) < 4.78 is 23.0. The van der Waals surface area contributed by atoms with Crippen molar-refractivity contribution < 1.29 is 18.3 Å². The molecular formula is C15H19NO4S. The Kier molecular flexibility index (Phi) is 3.24. The standard InChI is InChI=1S/C15H19NO4S/c1-11-2-3-12(16-6-8-21(19,20)9-7-16)10-13(11)15(4-5-15)14(17)18/h2-3,10H,4-9H2,1H3,(H,17,18). The van der Waals surface area contributed by atoms with Crippen LogP contribution in [0.1, 0.15) is 24.0 Å². The highest BCUT2D eigenvalue weighted by molar-refractivity contribution is 7.91. The SMILES string of the molecule is Cc1ccc(N2CCS(=O)(=O)CC2)cc1C1(C(=O)O)CC1. The molecule has 1 heterocycles. The van der Waals surface area contributed by atoms with E-state index in [1.54, 1.807) is 0 Å². The maximum Gasteiger partial charge on any atom is 0.314 e. The highest BCUT2D eigenvalue weighted by atomic mass is 32.2. The monoisotopic (exact) mass is 309 g/mol. The molecule has 2 fully saturated rings.